The van der Waals surface area contributed by atoms with Gasteiger partial charge in [0.25, 0.3) is 0 Å². The topological polar surface area (TPSA) is 100 Å². The Bertz CT molecular complexity index is 69.5. The fraction of sp³-hybridized carbons (Fsp3) is 0. The quantitative estimate of drug-likeness (QED) is 0.361. The first-order valence-corrected chi connectivity index (χ1v) is 1.12. The van der Waals surface area contributed by atoms with Gasteiger partial charge in [0.1, 0.15) is 0 Å². The Labute approximate surface area is 79.8 Å². The third-order valence-electron chi connectivity index (χ3n) is 0.175. The average molecular weight is 150 g/mol. The van der Waals surface area contributed by atoms with Gasteiger partial charge in [-0.2, -0.15) is 0 Å². The molecule has 0 atom stereocenters. The van der Waals surface area contributed by atoms with E-state index in [1.165, 1.54) is 0 Å². The first-order valence-electron chi connectivity index (χ1n) is 1.12. The molecule has 0 unspecified atom stereocenters. The van der Waals surface area contributed by atoms with Crippen LogP contribution in [0.1, 0.15) is 2.85 Å². The van der Waals surface area contributed by atoms with E-state index in [-0.39, 0.29) is 51.5 Å². The van der Waals surface area contributed by atoms with Gasteiger partial charge in [0.2, 0.25) is 0 Å². The van der Waals surface area contributed by atoms with Crippen LogP contribution in [0.5, 0.6) is 0 Å². The van der Waals surface area contributed by atoms with Crippen molar-refractivity contribution in [1.82, 2.24) is 0 Å². The van der Waals surface area contributed by atoms with Crippen LogP contribution in [0.3, 0.4) is 0 Å². The molecule has 0 radical (unpaired) electrons. The molecule has 0 spiro atoms. The van der Waals surface area contributed by atoms with Gasteiger partial charge in [-0.25, -0.2) is 4.79 Å². The number of carbonyl (C=O) groups is 1. The summed E-state index contributed by atoms with van der Waals surface area (Å²) >= 11 is 0. The van der Waals surface area contributed by atoms with Crippen LogP contribution in [0.4, 0.5) is 0 Å². The van der Waals surface area contributed by atoms with Crippen LogP contribution in [0.25, 0.3) is 0 Å². The third kappa shape index (κ3) is 32.5. The van der Waals surface area contributed by atoms with Gasteiger partial charge in [-0.1, -0.05) is 6.58 Å². The van der Waals surface area contributed by atoms with E-state index in [1.54, 1.807) is 0 Å². The Kier molecular flexibility index (Phi) is 46.5. The summed E-state index contributed by atoms with van der Waals surface area (Å²) in [5.74, 6) is -0.981. The molecule has 8 heavy (non-hydrogen) atoms. The van der Waals surface area contributed by atoms with E-state index in [0.717, 1.165) is 6.08 Å². The summed E-state index contributed by atoms with van der Waals surface area (Å²) in [5.41, 5.74) is 0. The summed E-state index contributed by atoms with van der Waals surface area (Å²) < 4.78 is 0. The second kappa shape index (κ2) is 15.7. The molecule has 0 bridgehead atoms. The van der Waals surface area contributed by atoms with E-state index in [9.17, 15) is 4.79 Å². The summed E-state index contributed by atoms with van der Waals surface area (Å²) in [4.78, 5) is 9.25. The van der Waals surface area contributed by atoms with Crippen LogP contribution in [-0.2, 0) is 4.79 Å². The normalized spacial score (nSPS) is 4.00. The molecule has 0 aliphatic rings. The zero-order valence-electron chi connectivity index (χ0n) is 6.35. The third-order valence-corrected chi connectivity index (χ3v) is 0.175. The molecule has 0 rings (SSSR count). The molecule has 0 heterocycles. The van der Waals surface area contributed by atoms with Crippen molar-refractivity contribution in [2.45, 2.75) is 0 Å². The van der Waals surface area contributed by atoms with Crippen molar-refractivity contribution >= 4 is 43.7 Å². The van der Waals surface area contributed by atoms with Crippen molar-refractivity contribution < 1.29 is 23.7 Å². The molecule has 0 aliphatic heterocycles. The molecule has 0 fully saturated rings. The number of aliphatic carboxylic acids is 1. The van der Waals surface area contributed by atoms with Crippen LogP contribution >= 0.6 is 0 Å². The summed E-state index contributed by atoms with van der Waals surface area (Å²) in [5, 5.41) is 7.60. The van der Waals surface area contributed by atoms with Crippen LogP contribution in [0.2, 0.25) is 0 Å². The second-order valence-electron chi connectivity index (χ2n) is 0.542. The van der Waals surface area contributed by atoms with Crippen LogP contribution < -0.4 is 0 Å². The molecular weight excluding hydrogens is 140 g/mol. The van der Waals surface area contributed by atoms with Crippen LogP contribution in [0.15, 0.2) is 12.7 Å². The standard InChI is InChI=1S/C3H4O2.Ca.2H2O.2H/c1-2-3(4)5;;;;;/h2H,1H2,(H,4,5);;2*1H2;;/q;+2;;;2*-1. The monoisotopic (exact) mass is 150 g/mol. The van der Waals surface area contributed by atoms with Crippen molar-refractivity contribution in [3.8, 4) is 0 Å². The summed E-state index contributed by atoms with van der Waals surface area (Å²) in [6.45, 7) is 2.96. The fourth-order valence-corrected chi connectivity index (χ4v) is 0. The molecule has 0 aromatic carbocycles. The van der Waals surface area contributed by atoms with E-state index >= 15 is 0 Å². The van der Waals surface area contributed by atoms with Gasteiger partial charge in [-0.05, 0) is 0 Å². The van der Waals surface area contributed by atoms with Gasteiger partial charge < -0.3 is 18.9 Å². The van der Waals surface area contributed by atoms with Gasteiger partial charge >= 0.3 is 43.7 Å². The van der Waals surface area contributed by atoms with Crippen molar-refractivity contribution in [2.75, 3.05) is 0 Å². The maximum atomic E-state index is 9.25. The Balaban J connectivity index is -0.00000000800. The Morgan fingerprint density at radius 2 is 1.75 bits per heavy atom. The van der Waals surface area contributed by atoms with Gasteiger partial charge in [0.05, 0.1) is 0 Å². The molecule has 0 aromatic heterocycles. The number of hydrogen-bond donors (Lipinski definition) is 1. The molecular formula is C3H10CaO4. The zero-order chi connectivity index (χ0) is 4.28. The Morgan fingerprint density at radius 1 is 1.62 bits per heavy atom. The molecule has 0 saturated heterocycles. The molecule has 0 aromatic rings. The predicted molar refractivity (Wildman–Crippen MR) is 33.0 cm³/mol. The van der Waals surface area contributed by atoms with Crippen molar-refractivity contribution in [3.63, 3.8) is 0 Å². The van der Waals surface area contributed by atoms with Gasteiger partial charge in [-0.3, -0.25) is 0 Å². The first-order chi connectivity index (χ1) is 2.27. The largest absolute Gasteiger partial charge is 2.00 e. The minimum Gasteiger partial charge on any atom is -1.00 e. The molecule has 0 amide bonds. The van der Waals surface area contributed by atoms with Crippen LogP contribution in [0, 0.1) is 0 Å². The van der Waals surface area contributed by atoms with Crippen molar-refractivity contribution in [2.24, 2.45) is 0 Å². The van der Waals surface area contributed by atoms with Crippen molar-refractivity contribution in [1.29, 1.82) is 0 Å². The fourth-order valence-electron chi connectivity index (χ4n) is 0. The predicted octanol–water partition coefficient (Wildman–Crippen LogP) is -1.55. The maximum Gasteiger partial charge on any atom is 2.00 e. The van der Waals surface area contributed by atoms with Crippen LogP contribution in [-0.4, -0.2) is 59.8 Å². The van der Waals surface area contributed by atoms with E-state index in [1.807, 2.05) is 0 Å². The molecule has 0 aliphatic carbocycles. The minimum absolute atomic E-state index is 0. The maximum absolute atomic E-state index is 9.25. The number of carboxylic acid groups (broad SMARTS) is 1. The van der Waals surface area contributed by atoms with Gasteiger partial charge in [0.15, 0.2) is 0 Å². The molecule has 5 N–H and O–H groups in total. The van der Waals surface area contributed by atoms with E-state index in [2.05, 4.69) is 6.58 Å². The number of carboxylic acids is 1. The van der Waals surface area contributed by atoms with E-state index < -0.39 is 5.97 Å². The summed E-state index contributed by atoms with van der Waals surface area (Å²) in [6, 6.07) is 0. The summed E-state index contributed by atoms with van der Waals surface area (Å²) in [6.07, 6.45) is 0.833. The molecule has 5 heteroatoms. The molecule has 4 nitrogen and oxygen atoms in total. The SMILES string of the molecule is C=CC(=O)O.O.O.[Ca+2].[H-].[H-]. The first kappa shape index (κ1) is 23.8. The average Bonchev–Trinajstić information content (AvgIpc) is 1.38. The number of hydrogen-bond acceptors (Lipinski definition) is 1. The smallest absolute Gasteiger partial charge is 1.00 e. The molecule has 48 valence electrons. The molecule has 0 saturated carbocycles. The van der Waals surface area contributed by atoms with Gasteiger partial charge in [0, 0.05) is 6.08 Å². The van der Waals surface area contributed by atoms with E-state index in [0.29, 0.717) is 0 Å². The zero-order valence-corrected chi connectivity index (χ0v) is 6.56. The second-order valence-corrected chi connectivity index (χ2v) is 0.542. The number of rotatable bonds is 1. The summed E-state index contributed by atoms with van der Waals surface area (Å²) in [7, 11) is 0. The van der Waals surface area contributed by atoms with E-state index in [4.69, 9.17) is 5.11 Å². The van der Waals surface area contributed by atoms with Gasteiger partial charge in [-0.15, -0.1) is 0 Å². The Hall–Kier alpha value is 0.390. The Morgan fingerprint density at radius 3 is 1.75 bits per heavy atom. The van der Waals surface area contributed by atoms with Crippen molar-refractivity contribution in [3.05, 3.63) is 12.7 Å². The minimum atomic E-state index is -0.981.